The molecule has 0 radical (unpaired) electrons. The van der Waals surface area contributed by atoms with Crippen LogP contribution in [0.4, 0.5) is 0 Å². The van der Waals surface area contributed by atoms with Gasteiger partial charge in [0.05, 0.1) is 19.2 Å². The number of amides is 1. The van der Waals surface area contributed by atoms with Crippen molar-refractivity contribution in [2.75, 3.05) is 20.2 Å². The molecule has 0 saturated carbocycles. The summed E-state index contributed by atoms with van der Waals surface area (Å²) in [5.74, 6) is 2.51. The molecule has 0 bridgehead atoms. The van der Waals surface area contributed by atoms with Crippen molar-refractivity contribution in [2.24, 2.45) is 0 Å². The number of hydrogen-bond acceptors (Lipinski definition) is 4. The van der Waals surface area contributed by atoms with Crippen molar-refractivity contribution >= 4 is 16.8 Å². The van der Waals surface area contributed by atoms with E-state index in [1.54, 1.807) is 13.3 Å². The molecule has 1 atom stereocenters. The summed E-state index contributed by atoms with van der Waals surface area (Å²) in [6.45, 7) is 3.43. The maximum atomic E-state index is 13.2. The van der Waals surface area contributed by atoms with Gasteiger partial charge in [0, 0.05) is 30.4 Å². The van der Waals surface area contributed by atoms with Gasteiger partial charge in [-0.05, 0) is 55.2 Å². The lowest BCUT2D eigenvalue weighted by atomic mass is 9.97. The zero-order valence-electron chi connectivity index (χ0n) is 18.4. The molecule has 1 amide bonds. The molecule has 0 spiro atoms. The Kier molecular flexibility index (Phi) is 5.43. The van der Waals surface area contributed by atoms with Crippen LogP contribution in [0.25, 0.3) is 10.9 Å². The van der Waals surface area contributed by atoms with Crippen LogP contribution >= 0.6 is 0 Å². The van der Waals surface area contributed by atoms with Crippen LogP contribution in [0.2, 0.25) is 0 Å². The van der Waals surface area contributed by atoms with Crippen LogP contribution < -0.4 is 4.74 Å². The second-order valence-electron chi connectivity index (χ2n) is 8.50. The minimum Gasteiger partial charge on any atom is -0.497 e. The molecule has 1 fully saturated rings. The molecule has 3 heterocycles. The number of H-pyrrole nitrogens is 1. The van der Waals surface area contributed by atoms with Gasteiger partial charge in [-0.15, -0.1) is 0 Å². The summed E-state index contributed by atoms with van der Waals surface area (Å²) in [6.07, 6.45) is 4.36. The lowest BCUT2D eigenvalue weighted by Gasteiger charge is -2.31. The molecule has 32 heavy (non-hydrogen) atoms. The number of aromatic nitrogens is 2. The van der Waals surface area contributed by atoms with Gasteiger partial charge in [-0.1, -0.05) is 24.3 Å². The monoisotopic (exact) mass is 429 g/mol. The third-order valence-corrected chi connectivity index (χ3v) is 6.25. The van der Waals surface area contributed by atoms with E-state index in [0.717, 1.165) is 52.9 Å². The predicted octanol–water partition coefficient (Wildman–Crippen LogP) is 5.08. The second kappa shape index (κ2) is 8.54. The van der Waals surface area contributed by atoms with Gasteiger partial charge >= 0.3 is 0 Å². The van der Waals surface area contributed by atoms with E-state index in [1.165, 1.54) is 0 Å². The molecule has 0 unspecified atom stereocenters. The highest BCUT2D eigenvalue weighted by molar-refractivity contribution is 5.98. The number of hydrogen-bond donors (Lipinski definition) is 1. The van der Waals surface area contributed by atoms with Crippen molar-refractivity contribution in [2.45, 2.75) is 32.1 Å². The highest BCUT2D eigenvalue weighted by atomic mass is 16.5. The number of nitrogens with one attached hydrogen (secondary N) is 1. The number of ether oxygens (including phenoxy) is 1. The molecule has 0 aliphatic carbocycles. The van der Waals surface area contributed by atoms with Crippen LogP contribution in [0.5, 0.6) is 5.75 Å². The molecule has 4 aromatic rings. The van der Waals surface area contributed by atoms with E-state index in [0.29, 0.717) is 24.6 Å². The number of carbonyl (C=O) groups excluding carboxylic acids is 1. The quantitative estimate of drug-likeness (QED) is 0.480. The number of rotatable bonds is 5. The number of carbonyl (C=O) groups is 1. The summed E-state index contributed by atoms with van der Waals surface area (Å²) in [5.41, 5.74) is 3.91. The van der Waals surface area contributed by atoms with Gasteiger partial charge < -0.3 is 19.0 Å². The molecule has 1 aliphatic rings. The van der Waals surface area contributed by atoms with E-state index in [2.05, 4.69) is 23.0 Å². The number of fused-ring (bicyclic) bond motifs is 1. The minimum atomic E-state index is 0.0356. The van der Waals surface area contributed by atoms with Crippen molar-refractivity contribution in [1.29, 1.82) is 0 Å². The summed E-state index contributed by atoms with van der Waals surface area (Å²) in [6, 6.07) is 16.0. The van der Waals surface area contributed by atoms with Gasteiger partial charge in [0.1, 0.15) is 17.2 Å². The van der Waals surface area contributed by atoms with Gasteiger partial charge in [-0.3, -0.25) is 4.79 Å². The second-order valence-corrected chi connectivity index (χ2v) is 8.50. The van der Waals surface area contributed by atoms with Gasteiger partial charge in [0.15, 0.2) is 5.89 Å². The van der Waals surface area contributed by atoms with E-state index in [4.69, 9.17) is 9.15 Å². The Hall–Kier alpha value is -3.54. The normalized spacial score (nSPS) is 16.4. The molecule has 6 heteroatoms. The number of oxazole rings is 1. The molecule has 5 rings (SSSR count). The number of aryl methyl sites for hydroxylation is 1. The van der Waals surface area contributed by atoms with E-state index >= 15 is 0 Å². The maximum absolute atomic E-state index is 13.2. The lowest BCUT2D eigenvalue weighted by Crippen LogP contribution is -2.39. The number of nitrogens with zero attached hydrogens (tertiary/aromatic N) is 2. The fraction of sp³-hybridized carbons (Fsp3) is 0.308. The highest BCUT2D eigenvalue weighted by Crippen LogP contribution is 2.29. The molecule has 1 N–H and O–H groups in total. The van der Waals surface area contributed by atoms with Crippen LogP contribution in [0, 0.1) is 6.92 Å². The first-order chi connectivity index (χ1) is 15.6. The summed E-state index contributed by atoms with van der Waals surface area (Å²) in [5, 5.41) is 1.10. The largest absolute Gasteiger partial charge is 0.497 e. The third kappa shape index (κ3) is 4.00. The topological polar surface area (TPSA) is 71.4 Å². The molecular weight excluding hydrogens is 402 g/mol. The summed E-state index contributed by atoms with van der Waals surface area (Å²) in [7, 11) is 1.67. The number of aromatic amines is 1. The van der Waals surface area contributed by atoms with Crippen LogP contribution in [0.1, 0.15) is 52.0 Å². The number of piperidine rings is 1. The first kappa shape index (κ1) is 20.4. The van der Waals surface area contributed by atoms with Crippen LogP contribution in [0.15, 0.2) is 59.1 Å². The number of methoxy groups -OCH3 is 1. The Morgan fingerprint density at radius 1 is 1.25 bits per heavy atom. The van der Waals surface area contributed by atoms with Crippen molar-refractivity contribution in [3.63, 3.8) is 0 Å². The summed E-state index contributed by atoms with van der Waals surface area (Å²) < 4.78 is 11.4. The van der Waals surface area contributed by atoms with Crippen LogP contribution in [-0.2, 0) is 6.42 Å². The smallest absolute Gasteiger partial charge is 0.270 e. The molecule has 1 aliphatic heterocycles. The maximum Gasteiger partial charge on any atom is 0.270 e. The zero-order chi connectivity index (χ0) is 22.1. The minimum absolute atomic E-state index is 0.0356. The van der Waals surface area contributed by atoms with Crippen molar-refractivity contribution in [1.82, 2.24) is 14.9 Å². The van der Waals surface area contributed by atoms with Crippen molar-refractivity contribution in [3.05, 3.63) is 83.2 Å². The number of likely N-dealkylation sites (tertiary alicyclic amines) is 1. The Morgan fingerprint density at radius 2 is 2.12 bits per heavy atom. The van der Waals surface area contributed by atoms with E-state index in [1.807, 2.05) is 47.4 Å². The number of benzene rings is 2. The Labute approximate surface area is 187 Å². The summed E-state index contributed by atoms with van der Waals surface area (Å²) in [4.78, 5) is 22.9. The Morgan fingerprint density at radius 3 is 2.97 bits per heavy atom. The molecule has 164 valence electrons. The average molecular weight is 430 g/mol. The first-order valence-corrected chi connectivity index (χ1v) is 11.1. The van der Waals surface area contributed by atoms with Crippen molar-refractivity contribution < 1.29 is 13.9 Å². The molecule has 6 nitrogen and oxygen atoms in total. The standard InChI is InChI=1S/C26H27N3O3/c1-17-6-3-10-23-22(17)14-24(28-23)26(30)29-11-5-8-19(16-29)25-27-15-21(32-25)13-18-7-4-9-20(12-18)31-2/h3-4,6-7,9-10,12,14-15,19,28H,5,8,11,13,16H2,1-2H3/t19-/m0/s1. The zero-order valence-corrected chi connectivity index (χ0v) is 18.4. The fourth-order valence-electron chi connectivity index (χ4n) is 4.53. The SMILES string of the molecule is COc1cccc(Cc2cnc([C@H]3CCCN(C(=O)c4cc5c(C)cccc5[nH]4)C3)o2)c1. The van der Waals surface area contributed by atoms with Gasteiger partial charge in [-0.2, -0.15) is 0 Å². The highest BCUT2D eigenvalue weighted by Gasteiger charge is 2.29. The molecule has 1 saturated heterocycles. The Balaban J connectivity index is 1.29. The molecule has 2 aromatic carbocycles. The predicted molar refractivity (Wildman–Crippen MR) is 123 cm³/mol. The van der Waals surface area contributed by atoms with E-state index < -0.39 is 0 Å². The molecular formula is C26H27N3O3. The van der Waals surface area contributed by atoms with Gasteiger partial charge in [-0.25, -0.2) is 4.98 Å². The molecule has 2 aromatic heterocycles. The van der Waals surface area contributed by atoms with Gasteiger partial charge in [0.2, 0.25) is 0 Å². The third-order valence-electron chi connectivity index (χ3n) is 6.25. The van der Waals surface area contributed by atoms with E-state index in [9.17, 15) is 4.79 Å². The summed E-state index contributed by atoms with van der Waals surface area (Å²) >= 11 is 0. The lowest BCUT2D eigenvalue weighted by molar-refractivity contribution is 0.0693. The Bertz CT molecular complexity index is 1260. The average Bonchev–Trinajstić information content (AvgIpc) is 3.47. The first-order valence-electron chi connectivity index (χ1n) is 11.1. The van der Waals surface area contributed by atoms with Crippen molar-refractivity contribution in [3.8, 4) is 5.75 Å². The van der Waals surface area contributed by atoms with Crippen LogP contribution in [-0.4, -0.2) is 41.0 Å². The fourth-order valence-corrected chi connectivity index (χ4v) is 4.53. The van der Waals surface area contributed by atoms with Crippen LogP contribution in [0.3, 0.4) is 0 Å². The van der Waals surface area contributed by atoms with Gasteiger partial charge in [0.25, 0.3) is 5.91 Å². The van der Waals surface area contributed by atoms with E-state index in [-0.39, 0.29) is 11.8 Å².